The molecule has 1 heterocycles. The number of rotatable bonds is 3. The number of hydrogen-bond acceptors (Lipinski definition) is 2. The topological polar surface area (TPSA) is 53.9 Å². The van der Waals surface area contributed by atoms with Crippen molar-refractivity contribution < 1.29 is 14.5 Å². The van der Waals surface area contributed by atoms with Crippen molar-refractivity contribution in [1.29, 1.82) is 0 Å². The van der Waals surface area contributed by atoms with Crippen molar-refractivity contribution in [2.75, 3.05) is 26.2 Å². The van der Waals surface area contributed by atoms with E-state index in [-0.39, 0.29) is 17.9 Å². The van der Waals surface area contributed by atoms with Gasteiger partial charge in [0.2, 0.25) is 5.91 Å². The molecule has 1 aliphatic carbocycles. The summed E-state index contributed by atoms with van der Waals surface area (Å²) in [6.45, 7) is 9.15. The van der Waals surface area contributed by atoms with Crippen LogP contribution >= 0.6 is 0 Å². The lowest BCUT2D eigenvalue weighted by atomic mass is 9.86. The molecule has 21 heavy (non-hydrogen) atoms. The molecule has 0 aromatic heterocycles. The number of quaternary nitrogens is 1. The molecule has 0 aromatic carbocycles. The molecule has 3 atom stereocenters. The van der Waals surface area contributed by atoms with Crippen LogP contribution in [-0.4, -0.2) is 55.0 Å². The number of amides is 2. The number of piperazine rings is 1. The van der Waals surface area contributed by atoms with Crippen molar-refractivity contribution in [3.63, 3.8) is 0 Å². The van der Waals surface area contributed by atoms with Crippen LogP contribution in [0.4, 0.5) is 0 Å². The Morgan fingerprint density at radius 1 is 1.19 bits per heavy atom. The van der Waals surface area contributed by atoms with Gasteiger partial charge in [0.1, 0.15) is 0 Å². The Hall–Kier alpha value is -1.10. The standard InChI is InChI=1S/C16H29N3O2/c1-12-6-4-5-7-15(12)17-16(21)13(2)18-8-10-19(11-9-18)14(3)20/h12-13,15H,4-11H2,1-3H3,(H,17,21)/p+1/t12-,13-,15-/m1/s1. The monoisotopic (exact) mass is 296 g/mol. The van der Waals surface area contributed by atoms with Crippen LogP contribution < -0.4 is 10.2 Å². The number of nitrogens with one attached hydrogen (secondary N) is 2. The van der Waals surface area contributed by atoms with Crippen LogP contribution in [0, 0.1) is 5.92 Å². The Morgan fingerprint density at radius 2 is 1.81 bits per heavy atom. The first-order chi connectivity index (χ1) is 9.99. The molecule has 2 fully saturated rings. The van der Waals surface area contributed by atoms with E-state index in [2.05, 4.69) is 12.2 Å². The van der Waals surface area contributed by atoms with Crippen molar-refractivity contribution >= 4 is 11.8 Å². The molecule has 1 saturated carbocycles. The van der Waals surface area contributed by atoms with Gasteiger partial charge in [-0.25, -0.2) is 0 Å². The molecule has 2 aliphatic rings. The molecule has 0 spiro atoms. The number of carbonyl (C=O) groups is 2. The first-order valence-electron chi connectivity index (χ1n) is 8.39. The molecule has 0 aromatic rings. The van der Waals surface area contributed by atoms with Gasteiger partial charge in [-0.1, -0.05) is 19.8 Å². The van der Waals surface area contributed by atoms with E-state index in [0.29, 0.717) is 12.0 Å². The van der Waals surface area contributed by atoms with Crippen LogP contribution in [0.25, 0.3) is 0 Å². The minimum atomic E-state index is -0.0202. The van der Waals surface area contributed by atoms with Gasteiger partial charge in [-0.2, -0.15) is 0 Å². The summed E-state index contributed by atoms with van der Waals surface area (Å²) in [5, 5.41) is 3.26. The van der Waals surface area contributed by atoms with Gasteiger partial charge in [0, 0.05) is 13.0 Å². The highest BCUT2D eigenvalue weighted by molar-refractivity contribution is 5.80. The van der Waals surface area contributed by atoms with Gasteiger partial charge >= 0.3 is 0 Å². The largest absolute Gasteiger partial charge is 0.348 e. The quantitative estimate of drug-likeness (QED) is 0.759. The molecular formula is C16H30N3O2+. The van der Waals surface area contributed by atoms with Crippen LogP contribution in [0.3, 0.4) is 0 Å². The van der Waals surface area contributed by atoms with Crippen molar-refractivity contribution in [1.82, 2.24) is 10.2 Å². The fraction of sp³-hybridized carbons (Fsp3) is 0.875. The average molecular weight is 296 g/mol. The zero-order valence-corrected chi connectivity index (χ0v) is 13.7. The van der Waals surface area contributed by atoms with E-state index in [0.717, 1.165) is 32.6 Å². The third-order valence-electron chi connectivity index (χ3n) is 5.30. The molecule has 0 unspecified atom stereocenters. The van der Waals surface area contributed by atoms with Gasteiger partial charge in [-0.05, 0) is 25.7 Å². The van der Waals surface area contributed by atoms with Crippen LogP contribution in [0.5, 0.6) is 0 Å². The molecule has 0 bridgehead atoms. The molecule has 2 N–H and O–H groups in total. The molecule has 0 radical (unpaired) electrons. The second kappa shape index (κ2) is 7.25. The van der Waals surface area contributed by atoms with E-state index in [4.69, 9.17) is 0 Å². The van der Waals surface area contributed by atoms with Gasteiger partial charge in [0.25, 0.3) is 5.91 Å². The maximum atomic E-state index is 12.5. The Bertz CT molecular complexity index is 378. The third kappa shape index (κ3) is 4.19. The van der Waals surface area contributed by atoms with Gasteiger partial charge < -0.3 is 15.1 Å². The van der Waals surface area contributed by atoms with E-state index in [9.17, 15) is 9.59 Å². The van der Waals surface area contributed by atoms with Crippen molar-refractivity contribution in [3.8, 4) is 0 Å². The van der Waals surface area contributed by atoms with Gasteiger partial charge in [0.15, 0.2) is 6.04 Å². The lowest BCUT2D eigenvalue weighted by Crippen LogP contribution is -3.19. The lowest BCUT2D eigenvalue weighted by Gasteiger charge is -2.36. The van der Waals surface area contributed by atoms with Gasteiger partial charge in [-0.15, -0.1) is 0 Å². The minimum Gasteiger partial charge on any atom is -0.348 e. The third-order valence-corrected chi connectivity index (χ3v) is 5.30. The van der Waals surface area contributed by atoms with E-state index >= 15 is 0 Å². The van der Waals surface area contributed by atoms with Crippen LogP contribution in [0.15, 0.2) is 0 Å². The van der Waals surface area contributed by atoms with E-state index in [1.54, 1.807) is 6.92 Å². The molecule has 5 heteroatoms. The summed E-state index contributed by atoms with van der Waals surface area (Å²) in [6, 6.07) is 0.333. The summed E-state index contributed by atoms with van der Waals surface area (Å²) in [5.41, 5.74) is 0. The van der Waals surface area contributed by atoms with Crippen molar-refractivity contribution in [2.24, 2.45) is 5.92 Å². The second-order valence-electron chi connectivity index (χ2n) is 6.76. The predicted molar refractivity (Wildman–Crippen MR) is 82.0 cm³/mol. The molecule has 2 amide bonds. The summed E-state index contributed by atoms with van der Waals surface area (Å²) < 4.78 is 0. The van der Waals surface area contributed by atoms with E-state index in [1.807, 2.05) is 11.8 Å². The molecule has 2 rings (SSSR count). The Balaban J connectivity index is 1.81. The normalized spacial score (nSPS) is 29.0. The fourth-order valence-corrected chi connectivity index (χ4v) is 3.57. The maximum absolute atomic E-state index is 12.5. The molecule has 1 aliphatic heterocycles. The molecule has 5 nitrogen and oxygen atoms in total. The van der Waals surface area contributed by atoms with Crippen molar-refractivity contribution in [2.45, 2.75) is 58.5 Å². The lowest BCUT2D eigenvalue weighted by molar-refractivity contribution is -0.918. The zero-order chi connectivity index (χ0) is 15.4. The first-order valence-corrected chi connectivity index (χ1v) is 8.39. The molecule has 120 valence electrons. The van der Waals surface area contributed by atoms with Gasteiger partial charge in [0.05, 0.1) is 26.2 Å². The summed E-state index contributed by atoms with van der Waals surface area (Å²) in [5.74, 6) is 0.918. The fourth-order valence-electron chi connectivity index (χ4n) is 3.57. The smallest absolute Gasteiger partial charge is 0.278 e. The number of hydrogen-bond donors (Lipinski definition) is 2. The average Bonchev–Trinajstić information content (AvgIpc) is 2.49. The molecule has 1 saturated heterocycles. The highest BCUT2D eigenvalue weighted by atomic mass is 16.2. The highest BCUT2D eigenvalue weighted by Gasteiger charge is 2.32. The van der Waals surface area contributed by atoms with E-state index < -0.39 is 0 Å². The minimum absolute atomic E-state index is 0.0202. The first kappa shape index (κ1) is 16.3. The number of carbonyl (C=O) groups excluding carboxylic acids is 2. The SMILES string of the molecule is CC(=O)N1CC[NH+]([C@H](C)C(=O)N[C@@H]2CCCC[C@H]2C)CC1. The number of nitrogens with zero attached hydrogens (tertiary/aromatic N) is 1. The van der Waals surface area contributed by atoms with Crippen LogP contribution in [0.1, 0.15) is 46.5 Å². The summed E-state index contributed by atoms with van der Waals surface area (Å²) in [4.78, 5) is 27.0. The Labute approximate surface area is 128 Å². The van der Waals surface area contributed by atoms with Crippen LogP contribution in [-0.2, 0) is 9.59 Å². The van der Waals surface area contributed by atoms with E-state index in [1.165, 1.54) is 24.2 Å². The highest BCUT2D eigenvalue weighted by Crippen LogP contribution is 2.23. The summed E-state index contributed by atoms with van der Waals surface area (Å²) in [6.07, 6.45) is 4.87. The van der Waals surface area contributed by atoms with Crippen LogP contribution in [0.2, 0.25) is 0 Å². The second-order valence-corrected chi connectivity index (χ2v) is 6.76. The Kier molecular flexibility index (Phi) is 5.62. The molecular weight excluding hydrogens is 266 g/mol. The summed E-state index contributed by atoms with van der Waals surface area (Å²) in [7, 11) is 0. The van der Waals surface area contributed by atoms with Gasteiger partial charge in [-0.3, -0.25) is 9.59 Å². The van der Waals surface area contributed by atoms with Crippen molar-refractivity contribution in [3.05, 3.63) is 0 Å². The summed E-state index contributed by atoms with van der Waals surface area (Å²) >= 11 is 0. The Morgan fingerprint density at radius 3 is 2.38 bits per heavy atom. The zero-order valence-electron chi connectivity index (χ0n) is 13.7. The predicted octanol–water partition coefficient (Wildman–Crippen LogP) is -0.183. The maximum Gasteiger partial charge on any atom is 0.278 e.